The second-order valence-electron chi connectivity index (χ2n) is 13.5. The highest BCUT2D eigenvalue weighted by Gasteiger charge is 2.48. The Morgan fingerprint density at radius 2 is 1.83 bits per heavy atom. The molecule has 48 heavy (non-hydrogen) atoms. The van der Waals surface area contributed by atoms with Crippen LogP contribution in [0.25, 0.3) is 0 Å². The number of likely N-dealkylation sites (tertiary alicyclic amines) is 1. The van der Waals surface area contributed by atoms with Gasteiger partial charge in [-0.2, -0.15) is 13.2 Å². The van der Waals surface area contributed by atoms with E-state index in [1.54, 1.807) is 48.5 Å². The molecular formula is C33H48F3N5O7. The van der Waals surface area contributed by atoms with E-state index in [-0.39, 0.29) is 55.7 Å². The first kappa shape index (κ1) is 38.4. The lowest BCUT2D eigenvalue weighted by Crippen LogP contribution is -2.58. The van der Waals surface area contributed by atoms with Gasteiger partial charge in [-0.25, -0.2) is 4.79 Å². The van der Waals surface area contributed by atoms with Crippen LogP contribution in [0.5, 0.6) is 5.75 Å². The third-order valence-electron chi connectivity index (χ3n) is 8.01. The number of benzene rings is 1. The molecule has 0 spiro atoms. The molecule has 0 saturated carbocycles. The summed E-state index contributed by atoms with van der Waals surface area (Å²) < 4.78 is 61.0. The molecule has 1 fully saturated rings. The van der Waals surface area contributed by atoms with Crippen LogP contribution in [-0.2, 0) is 25.2 Å². The lowest BCUT2D eigenvalue weighted by Gasteiger charge is -2.43. The van der Waals surface area contributed by atoms with Gasteiger partial charge in [0, 0.05) is 45.1 Å². The summed E-state index contributed by atoms with van der Waals surface area (Å²) in [6, 6.07) is 0.565. The minimum Gasteiger partial charge on any atom is -0.476 e. The Morgan fingerprint density at radius 1 is 1.17 bits per heavy atom. The van der Waals surface area contributed by atoms with Crippen molar-refractivity contribution in [3.63, 3.8) is 0 Å². The molecule has 1 unspecified atom stereocenters. The van der Waals surface area contributed by atoms with E-state index < -0.39 is 65.1 Å². The van der Waals surface area contributed by atoms with Crippen LogP contribution >= 0.6 is 0 Å². The molecule has 0 bridgehead atoms. The fraction of sp³-hybridized carbons (Fsp3) is 0.667. The van der Waals surface area contributed by atoms with E-state index in [4.69, 9.17) is 19.6 Å². The molecule has 2 aliphatic rings. The normalized spacial score (nSPS) is 19.8. The van der Waals surface area contributed by atoms with E-state index >= 15 is 0 Å². The number of nitrogens with zero attached hydrogens (tertiary/aromatic N) is 3. The molecule has 2 N–H and O–H groups in total. The number of fused-ring (bicyclic) bond motifs is 1. The number of rotatable bonds is 10. The van der Waals surface area contributed by atoms with Crippen LogP contribution in [0.1, 0.15) is 97.0 Å². The standard InChI is InChI=1S/C33H48F3N5O7/c1-9-26(37)46-19-32(8)29(44)40(15-13-38-27(42)10-2)24-16-22(23(33(34,35)36)17-25(24)47-32)28(43)41(20(3)4)21-12-11-14-39(18-21)30(45)48-31(5,6)7/h16-17,20-21,37H,9-15,18-19H2,1-8H3,(H,38,42)/t21-,32?/m1/s1. The van der Waals surface area contributed by atoms with Crippen molar-refractivity contribution >= 4 is 35.4 Å². The fourth-order valence-electron chi connectivity index (χ4n) is 5.66. The van der Waals surface area contributed by atoms with Gasteiger partial charge in [-0.05, 0) is 66.5 Å². The molecule has 1 saturated heterocycles. The van der Waals surface area contributed by atoms with Gasteiger partial charge in [-0.15, -0.1) is 0 Å². The molecule has 12 nitrogen and oxygen atoms in total. The lowest BCUT2D eigenvalue weighted by atomic mass is 9.96. The maximum absolute atomic E-state index is 14.7. The molecule has 1 aromatic carbocycles. The van der Waals surface area contributed by atoms with E-state index in [0.717, 1.165) is 6.07 Å². The largest absolute Gasteiger partial charge is 0.476 e. The minimum atomic E-state index is -4.99. The molecule has 2 heterocycles. The van der Waals surface area contributed by atoms with E-state index in [1.165, 1.54) is 21.6 Å². The molecule has 0 aliphatic carbocycles. The van der Waals surface area contributed by atoms with Crippen LogP contribution in [0.3, 0.4) is 0 Å². The van der Waals surface area contributed by atoms with Crippen molar-refractivity contribution in [3.05, 3.63) is 23.3 Å². The summed E-state index contributed by atoms with van der Waals surface area (Å²) in [6.45, 7) is 13.1. The van der Waals surface area contributed by atoms with Gasteiger partial charge in [-0.3, -0.25) is 19.8 Å². The Kier molecular flexibility index (Phi) is 12.0. The Hall–Kier alpha value is -4.04. The third kappa shape index (κ3) is 9.10. The summed E-state index contributed by atoms with van der Waals surface area (Å²) in [6.07, 6.45) is -4.20. The molecule has 0 radical (unpaired) electrons. The molecular weight excluding hydrogens is 635 g/mol. The number of nitrogens with one attached hydrogen (secondary N) is 2. The minimum absolute atomic E-state index is 0.0232. The number of anilines is 1. The summed E-state index contributed by atoms with van der Waals surface area (Å²) in [7, 11) is 0. The monoisotopic (exact) mass is 683 g/mol. The average Bonchev–Trinajstić information content (AvgIpc) is 2.99. The van der Waals surface area contributed by atoms with Crippen molar-refractivity contribution in [3.8, 4) is 5.75 Å². The van der Waals surface area contributed by atoms with Gasteiger partial charge < -0.3 is 34.2 Å². The van der Waals surface area contributed by atoms with Crippen molar-refractivity contribution in [2.24, 2.45) is 0 Å². The van der Waals surface area contributed by atoms with Crippen LogP contribution < -0.4 is 15.0 Å². The van der Waals surface area contributed by atoms with Gasteiger partial charge in [-0.1, -0.05) is 13.8 Å². The summed E-state index contributed by atoms with van der Waals surface area (Å²) in [4.78, 5) is 56.9. The predicted octanol–water partition coefficient (Wildman–Crippen LogP) is 5.37. The molecule has 0 aromatic heterocycles. The number of piperidine rings is 1. The summed E-state index contributed by atoms with van der Waals surface area (Å²) in [5.41, 5.74) is -4.58. The molecule has 4 amide bonds. The zero-order chi connectivity index (χ0) is 36.2. The number of carbonyl (C=O) groups excluding carboxylic acids is 4. The van der Waals surface area contributed by atoms with E-state index in [2.05, 4.69) is 5.32 Å². The zero-order valence-electron chi connectivity index (χ0n) is 29.0. The maximum atomic E-state index is 14.7. The Bertz CT molecular complexity index is 1390. The van der Waals surface area contributed by atoms with Crippen molar-refractivity contribution in [1.82, 2.24) is 15.1 Å². The van der Waals surface area contributed by atoms with E-state index in [0.29, 0.717) is 25.5 Å². The number of ether oxygens (including phenoxy) is 3. The highest BCUT2D eigenvalue weighted by molar-refractivity contribution is 6.05. The van der Waals surface area contributed by atoms with Gasteiger partial charge in [0.2, 0.25) is 11.5 Å². The SMILES string of the molecule is CCC(=N)OCC1(C)Oc2cc(C(F)(F)F)c(C(=O)N(C(C)C)[C@@H]3CCCN(C(=O)OC(C)(C)C)C3)cc2N(CCNC(=O)CC)C1=O. The maximum Gasteiger partial charge on any atom is 0.417 e. The number of carbonyl (C=O) groups is 4. The second kappa shape index (κ2) is 15.0. The summed E-state index contributed by atoms with van der Waals surface area (Å²) >= 11 is 0. The second-order valence-corrected chi connectivity index (χ2v) is 13.5. The Labute approximate surface area is 279 Å². The molecule has 1 aromatic rings. The number of hydrogen-bond acceptors (Lipinski definition) is 8. The van der Waals surface area contributed by atoms with Gasteiger partial charge in [0.25, 0.3) is 11.8 Å². The van der Waals surface area contributed by atoms with Crippen LogP contribution in [-0.4, -0.2) is 95.6 Å². The van der Waals surface area contributed by atoms with Crippen molar-refractivity contribution in [1.29, 1.82) is 5.41 Å². The zero-order valence-corrected chi connectivity index (χ0v) is 29.0. The van der Waals surface area contributed by atoms with Gasteiger partial charge in [0.1, 0.15) is 18.0 Å². The van der Waals surface area contributed by atoms with Gasteiger partial charge >= 0.3 is 12.3 Å². The highest BCUT2D eigenvalue weighted by Crippen LogP contribution is 2.44. The van der Waals surface area contributed by atoms with Crippen LogP contribution in [0.2, 0.25) is 0 Å². The highest BCUT2D eigenvalue weighted by atomic mass is 19.4. The van der Waals surface area contributed by atoms with Crippen LogP contribution in [0.15, 0.2) is 12.1 Å². The Morgan fingerprint density at radius 3 is 2.40 bits per heavy atom. The first-order chi connectivity index (χ1) is 22.2. The average molecular weight is 684 g/mol. The number of hydrogen-bond donors (Lipinski definition) is 2. The van der Waals surface area contributed by atoms with Crippen molar-refractivity contribution in [2.45, 2.75) is 111 Å². The topological polar surface area (TPSA) is 142 Å². The van der Waals surface area contributed by atoms with Crippen molar-refractivity contribution in [2.75, 3.05) is 37.7 Å². The molecule has 15 heteroatoms. The third-order valence-corrected chi connectivity index (χ3v) is 8.01. The van der Waals surface area contributed by atoms with Crippen LogP contribution in [0.4, 0.5) is 23.7 Å². The molecule has 3 rings (SSSR count). The van der Waals surface area contributed by atoms with Gasteiger partial charge in [0.15, 0.2) is 5.90 Å². The first-order valence-electron chi connectivity index (χ1n) is 16.3. The predicted molar refractivity (Wildman–Crippen MR) is 172 cm³/mol. The summed E-state index contributed by atoms with van der Waals surface area (Å²) in [5.74, 6) is -2.33. The fourth-order valence-corrected chi connectivity index (χ4v) is 5.66. The number of amides is 4. The van der Waals surface area contributed by atoms with E-state index in [1.807, 2.05) is 0 Å². The van der Waals surface area contributed by atoms with Crippen molar-refractivity contribution < 1.29 is 46.6 Å². The molecule has 2 atom stereocenters. The first-order valence-corrected chi connectivity index (χ1v) is 16.3. The smallest absolute Gasteiger partial charge is 0.417 e. The quantitative estimate of drug-likeness (QED) is 0.250. The molecule has 268 valence electrons. The lowest BCUT2D eigenvalue weighted by molar-refractivity contribution is -0.139. The Balaban J connectivity index is 2.10. The number of alkyl halides is 3. The molecule has 2 aliphatic heterocycles. The van der Waals surface area contributed by atoms with Gasteiger partial charge in [0.05, 0.1) is 22.9 Å². The number of halogens is 3. The summed E-state index contributed by atoms with van der Waals surface area (Å²) in [5, 5.41) is 10.5. The van der Waals surface area contributed by atoms with E-state index in [9.17, 15) is 32.3 Å². The van der Waals surface area contributed by atoms with Crippen LogP contribution in [0, 0.1) is 5.41 Å².